The fraction of sp³-hybridized carbons (Fsp3) is 0.321. The number of aromatic nitrogens is 3. The van der Waals surface area contributed by atoms with Crippen LogP contribution < -0.4 is 20.9 Å². The molecule has 2 aromatic carbocycles. The highest BCUT2D eigenvalue weighted by atomic mass is 35.5. The van der Waals surface area contributed by atoms with Gasteiger partial charge in [-0.3, -0.25) is 14.1 Å². The lowest BCUT2D eigenvalue weighted by atomic mass is 10.0. The topological polar surface area (TPSA) is 118 Å². The largest absolute Gasteiger partial charge is 0.350 e. The monoisotopic (exact) mass is 622 g/mol. The molecule has 1 saturated heterocycles. The molecule has 1 aliphatic rings. The molecule has 3 heterocycles. The smallest absolute Gasteiger partial charge is 0.260 e. The lowest BCUT2D eigenvalue weighted by Crippen LogP contribution is -2.44. The molecule has 0 saturated carbocycles. The van der Waals surface area contributed by atoms with Crippen LogP contribution in [0, 0.1) is 11.6 Å². The summed E-state index contributed by atoms with van der Waals surface area (Å²) in [6.07, 6.45) is 0.883. The van der Waals surface area contributed by atoms with Crippen LogP contribution in [-0.2, 0) is 15.8 Å². The predicted molar refractivity (Wildman–Crippen MR) is 159 cm³/mol. The van der Waals surface area contributed by atoms with Crippen LogP contribution in [0.4, 0.5) is 24.8 Å². The van der Waals surface area contributed by atoms with E-state index in [4.69, 9.17) is 0 Å². The number of hydrogen-bond acceptors (Lipinski definition) is 7. The van der Waals surface area contributed by atoms with E-state index in [9.17, 15) is 22.0 Å². The highest BCUT2D eigenvalue weighted by Crippen LogP contribution is 2.27. The van der Waals surface area contributed by atoms with Gasteiger partial charge in [-0.2, -0.15) is 4.98 Å². The van der Waals surface area contributed by atoms with Crippen LogP contribution in [0.5, 0.6) is 0 Å². The van der Waals surface area contributed by atoms with E-state index in [1.54, 1.807) is 12.3 Å². The van der Waals surface area contributed by atoms with Gasteiger partial charge >= 0.3 is 0 Å². The zero-order valence-corrected chi connectivity index (χ0v) is 24.4. The molecule has 0 amide bonds. The number of halogens is 4. The van der Waals surface area contributed by atoms with Gasteiger partial charge in [0.2, 0.25) is 16.0 Å². The minimum absolute atomic E-state index is 0. The normalized spacial score (nSPS) is 17.2. The molecular weight excluding hydrogens is 593 g/mol. The van der Waals surface area contributed by atoms with Gasteiger partial charge in [0.05, 0.1) is 11.4 Å². The van der Waals surface area contributed by atoms with Crippen LogP contribution in [-0.4, -0.2) is 48.3 Å². The highest BCUT2D eigenvalue weighted by molar-refractivity contribution is 7.91. The van der Waals surface area contributed by atoms with E-state index in [1.165, 1.54) is 28.8 Å². The van der Waals surface area contributed by atoms with Gasteiger partial charge in [0.1, 0.15) is 23.5 Å². The quantitative estimate of drug-likeness (QED) is 0.259. The van der Waals surface area contributed by atoms with Gasteiger partial charge in [0, 0.05) is 48.7 Å². The Kier molecular flexibility index (Phi) is 9.43. The van der Waals surface area contributed by atoms with Crippen LogP contribution >= 0.6 is 12.4 Å². The maximum Gasteiger partial charge on any atom is 0.260 e. The Labute approximate surface area is 247 Å². The van der Waals surface area contributed by atoms with E-state index in [0.717, 1.165) is 18.2 Å². The first kappa shape index (κ1) is 31.3. The second kappa shape index (κ2) is 12.7. The summed E-state index contributed by atoms with van der Waals surface area (Å²) >= 11 is 0. The van der Waals surface area contributed by atoms with Gasteiger partial charge in [0.15, 0.2) is 0 Å². The molecule has 0 unspecified atom stereocenters. The van der Waals surface area contributed by atoms with Gasteiger partial charge in [0.25, 0.3) is 5.56 Å². The first-order chi connectivity index (χ1) is 19.5. The first-order valence-electron chi connectivity index (χ1n) is 13.1. The van der Waals surface area contributed by atoms with E-state index in [0.29, 0.717) is 36.1 Å². The minimum Gasteiger partial charge on any atom is -0.350 e. The molecule has 0 radical (unpaired) electrons. The summed E-state index contributed by atoms with van der Waals surface area (Å²) in [4.78, 5) is 22.5. The standard InChI is InChI=1S/C28H29F3N6O3S.ClH/c1-16(2)37-26-19(12-33-28(35-26)34-22-11-21(30)13-32-14-22)9-23(27(37)38)18-5-8-25(24(31)10-18)36-41(39,40)15-17-3-6-20(29)7-4-17;/h3-10,12,16,21-22,32,36H,11,13-15H2,1-2H3,(H,33,34,35);1H/t21-,22-;/m0./s1. The van der Waals surface area contributed by atoms with Crippen molar-refractivity contribution in [2.45, 2.75) is 44.3 Å². The number of anilines is 2. The molecule has 1 fully saturated rings. The number of benzene rings is 2. The average molecular weight is 623 g/mol. The van der Waals surface area contributed by atoms with E-state index >= 15 is 4.39 Å². The molecule has 9 nitrogen and oxygen atoms in total. The SMILES string of the molecule is CC(C)n1c(=O)c(-c2ccc(NS(=O)(=O)Cc3ccc(F)cc3)c(F)c2)cc2cnc(N[C@@H]3CNC[C@@H](F)C3)nc21.Cl. The van der Waals surface area contributed by atoms with Crippen LogP contribution in [0.25, 0.3) is 22.2 Å². The summed E-state index contributed by atoms with van der Waals surface area (Å²) in [5.74, 6) is -1.57. The van der Waals surface area contributed by atoms with Crippen LogP contribution in [0.15, 0.2) is 59.5 Å². The summed E-state index contributed by atoms with van der Waals surface area (Å²) in [7, 11) is -4.00. The predicted octanol–water partition coefficient (Wildman–Crippen LogP) is 4.79. The van der Waals surface area contributed by atoms with Crippen molar-refractivity contribution in [1.82, 2.24) is 19.9 Å². The van der Waals surface area contributed by atoms with Gasteiger partial charge in [-0.05, 0) is 55.3 Å². The number of nitrogens with one attached hydrogen (secondary N) is 3. The van der Waals surface area contributed by atoms with Crippen molar-refractivity contribution < 1.29 is 21.6 Å². The third kappa shape index (κ3) is 7.02. The third-order valence-electron chi connectivity index (χ3n) is 6.74. The van der Waals surface area contributed by atoms with Crippen molar-refractivity contribution in [3.8, 4) is 11.1 Å². The Morgan fingerprint density at radius 2 is 1.83 bits per heavy atom. The molecule has 0 spiro atoms. The molecule has 0 aliphatic carbocycles. The van der Waals surface area contributed by atoms with Gasteiger partial charge in [-0.15, -0.1) is 12.4 Å². The molecule has 3 N–H and O–H groups in total. The van der Waals surface area contributed by atoms with Crippen molar-refractivity contribution in [3.63, 3.8) is 0 Å². The molecule has 224 valence electrons. The van der Waals surface area contributed by atoms with Crippen molar-refractivity contribution in [2.75, 3.05) is 23.1 Å². The number of hydrogen-bond donors (Lipinski definition) is 3. The average Bonchev–Trinajstić information content (AvgIpc) is 2.90. The summed E-state index contributed by atoms with van der Waals surface area (Å²) in [5, 5.41) is 6.67. The number of pyridine rings is 1. The summed E-state index contributed by atoms with van der Waals surface area (Å²) in [6.45, 7) is 4.49. The Morgan fingerprint density at radius 3 is 2.50 bits per heavy atom. The third-order valence-corrected chi connectivity index (χ3v) is 7.98. The van der Waals surface area contributed by atoms with Gasteiger partial charge in [-0.25, -0.2) is 26.6 Å². The van der Waals surface area contributed by atoms with E-state index in [1.807, 2.05) is 13.8 Å². The number of rotatable bonds is 8. The van der Waals surface area contributed by atoms with Crippen LogP contribution in [0.2, 0.25) is 0 Å². The second-order valence-electron chi connectivity index (χ2n) is 10.3. The number of sulfonamides is 1. The Hall–Kier alpha value is -3.68. The minimum atomic E-state index is -4.00. The van der Waals surface area contributed by atoms with Crippen LogP contribution in [0.3, 0.4) is 0 Å². The number of piperidine rings is 1. The van der Waals surface area contributed by atoms with Gasteiger partial charge < -0.3 is 10.6 Å². The molecule has 0 bridgehead atoms. The summed E-state index contributed by atoms with van der Waals surface area (Å²) in [6, 6.07) is 9.80. The molecule has 42 heavy (non-hydrogen) atoms. The van der Waals surface area contributed by atoms with Crippen molar-refractivity contribution >= 4 is 45.1 Å². The van der Waals surface area contributed by atoms with Crippen molar-refractivity contribution in [2.24, 2.45) is 0 Å². The first-order valence-corrected chi connectivity index (χ1v) is 14.7. The zero-order chi connectivity index (χ0) is 29.3. The molecule has 5 rings (SSSR count). The fourth-order valence-electron chi connectivity index (χ4n) is 4.83. The van der Waals surface area contributed by atoms with E-state index in [-0.39, 0.29) is 47.3 Å². The molecule has 4 aromatic rings. The zero-order valence-electron chi connectivity index (χ0n) is 22.8. The summed E-state index contributed by atoms with van der Waals surface area (Å²) < 4.78 is 70.9. The number of alkyl halides is 1. The van der Waals surface area contributed by atoms with E-state index in [2.05, 4.69) is 25.3 Å². The maximum absolute atomic E-state index is 15.1. The number of fused-ring (bicyclic) bond motifs is 1. The lowest BCUT2D eigenvalue weighted by molar-refractivity contribution is 0.254. The van der Waals surface area contributed by atoms with E-state index < -0.39 is 39.1 Å². The second-order valence-corrected chi connectivity index (χ2v) is 12.0. The Morgan fingerprint density at radius 1 is 1.10 bits per heavy atom. The molecule has 1 aliphatic heterocycles. The molecule has 2 aromatic heterocycles. The fourth-order valence-corrected chi connectivity index (χ4v) is 6.03. The highest BCUT2D eigenvalue weighted by Gasteiger charge is 2.23. The number of nitrogens with zero attached hydrogens (tertiary/aromatic N) is 3. The Balaban J connectivity index is 0.00000405. The lowest BCUT2D eigenvalue weighted by Gasteiger charge is -2.26. The van der Waals surface area contributed by atoms with Crippen LogP contribution in [0.1, 0.15) is 31.9 Å². The molecular formula is C28H30ClF3N6O3S. The Bertz CT molecular complexity index is 1750. The van der Waals surface area contributed by atoms with Crippen molar-refractivity contribution in [3.05, 3.63) is 82.3 Å². The van der Waals surface area contributed by atoms with Crippen molar-refractivity contribution in [1.29, 1.82) is 0 Å². The van der Waals surface area contributed by atoms with Gasteiger partial charge in [-0.1, -0.05) is 18.2 Å². The summed E-state index contributed by atoms with van der Waals surface area (Å²) in [5.41, 5.74) is 0.444. The molecule has 2 atom stereocenters. The maximum atomic E-state index is 15.1. The molecule has 14 heteroatoms.